The average molecular weight is 1650 g/mol. The first-order valence-corrected chi connectivity index (χ1v) is 36.2. The van der Waals surface area contributed by atoms with Crippen molar-refractivity contribution in [3.8, 4) is 22.8 Å². The van der Waals surface area contributed by atoms with E-state index < -0.39 is 58.9 Å². The Morgan fingerprint density at radius 3 is 1.41 bits per heavy atom. The van der Waals surface area contributed by atoms with E-state index >= 15 is 0 Å². The third-order valence-electron chi connectivity index (χ3n) is 15.1. The molecule has 0 spiro atoms. The Morgan fingerprint density at radius 1 is 0.556 bits per heavy atom. The molecule has 12 N–H and O–H groups in total. The molecule has 0 saturated carbocycles. The van der Waals surface area contributed by atoms with Crippen LogP contribution < -0.4 is 38.6 Å². The number of carbonyl (C=O) groups is 6. The Balaban J connectivity index is 0.000000307. The predicted octanol–water partition coefficient (Wildman–Crippen LogP) is 13.3. The van der Waals surface area contributed by atoms with Crippen molar-refractivity contribution in [2.75, 3.05) is 55.9 Å². The molecule has 632 valence electrons. The normalized spacial score (nSPS) is 11.3. The molecule has 4 heterocycles. The zero-order chi connectivity index (χ0) is 86.2. The number of carbonyl (C=O) groups excluding carboxylic acids is 6. The lowest BCUT2D eigenvalue weighted by Crippen LogP contribution is -2.45. The van der Waals surface area contributed by atoms with E-state index in [4.69, 9.17) is 35.4 Å². The molecule has 37 heteroatoms. The van der Waals surface area contributed by atoms with Crippen LogP contribution in [-0.2, 0) is 55.3 Å². The third kappa shape index (κ3) is 33.9. The first-order valence-electron chi connectivity index (χ1n) is 36.2. The van der Waals surface area contributed by atoms with Crippen LogP contribution in [-0.4, -0.2) is 179 Å². The number of nitrogens with zero attached hydrogens (tertiary/aromatic N) is 11. The molecule has 0 aliphatic rings. The topological polar surface area (TPSA) is 403 Å². The quantitative estimate of drug-likeness (QED) is 0.0125. The molecular formula is C80H106ClF4N21O11. The second-order valence-corrected chi connectivity index (χ2v) is 28.9. The summed E-state index contributed by atoms with van der Waals surface area (Å²) in [6.45, 7) is 20.9. The van der Waals surface area contributed by atoms with Crippen molar-refractivity contribution in [3.05, 3.63) is 202 Å². The smallest absolute Gasteiger partial charge is 0.429 e. The molecule has 0 aliphatic carbocycles. The Bertz CT molecular complexity index is 4850. The highest BCUT2D eigenvalue weighted by Gasteiger charge is 2.25. The van der Waals surface area contributed by atoms with Crippen molar-refractivity contribution in [2.45, 2.75) is 119 Å². The number of aryl methyl sites for hydroxylation is 1. The molecule has 0 aliphatic heterocycles. The van der Waals surface area contributed by atoms with Crippen molar-refractivity contribution in [2.24, 2.45) is 24.7 Å². The van der Waals surface area contributed by atoms with Gasteiger partial charge in [0.25, 0.3) is 5.91 Å². The summed E-state index contributed by atoms with van der Waals surface area (Å²) in [6, 6.07) is 37.4. The van der Waals surface area contributed by atoms with E-state index in [-0.39, 0.29) is 66.8 Å². The van der Waals surface area contributed by atoms with Gasteiger partial charge in [0, 0.05) is 64.2 Å². The standard InChI is InChI=1S/C22H22F2N6.C20H18F2N6.C14H20N2O4.C9H19N3O3.C9H12N2O2.C6H14N2O2.ClH/c1-12(2)19(25-3)22-26-21(29-30-22)14-10-16-18(27-28-20(16)17(24)11-14)9-6-13-4-7-15(23)8-5-13;1-23-11-18-24-20(27-28(18)2)13-9-15-17(25-26-19(15)16(22)10-13)8-5-12-3-6-14(21)7-4-12;1-14(2,3)20-13(18)16(4)15-12(17)19-10-11-8-6-5-7-9-11;1-9(2,3)15-8(14)11(4)6-7(13)12(5)10;1-10-11-9(12)13-7-8-5-3-2-4-6-8;1-6(2,3)10-5(9)8(4)7;/h4-12,19,25H,1-3H3,(H,27,28)(H,26,29,30);3-10,23H,11H2,1-2H3,(H,25,26);5-9H,10H2,1-4H3,(H,15,17);6,10H2,1-5H3;2-6,10H,7H2,1H3,(H,11,12);7H2,1-4H3;1H/b9-6+;8-5+;;;;;/t19-;;;;;;/m0....../s1. The summed E-state index contributed by atoms with van der Waals surface area (Å²) < 4.78 is 81.9. The number of benzene rings is 6. The number of halogens is 5. The van der Waals surface area contributed by atoms with Crippen LogP contribution in [0, 0.1) is 29.2 Å². The number of H-pyrrole nitrogens is 3. The summed E-state index contributed by atoms with van der Waals surface area (Å²) >= 11 is 0. The molecule has 0 radical (unpaired) electrons. The van der Waals surface area contributed by atoms with Crippen molar-refractivity contribution < 1.29 is 70.0 Å². The van der Waals surface area contributed by atoms with Crippen molar-refractivity contribution in [3.63, 3.8) is 0 Å². The number of aromatic nitrogens is 10. The number of hydrogen-bond acceptors (Lipinski definition) is 22. The summed E-state index contributed by atoms with van der Waals surface area (Å²) in [7, 11) is 12.8. The summed E-state index contributed by atoms with van der Waals surface area (Å²) in [5.41, 5.74) is 11.8. The lowest BCUT2D eigenvalue weighted by atomic mass is 10.0. The minimum Gasteiger partial charge on any atom is -0.444 e. The van der Waals surface area contributed by atoms with Gasteiger partial charge < -0.3 is 39.2 Å². The van der Waals surface area contributed by atoms with E-state index in [1.54, 1.807) is 124 Å². The summed E-state index contributed by atoms with van der Waals surface area (Å²) in [5, 5.41) is 35.7. The van der Waals surface area contributed by atoms with Crippen LogP contribution in [0.15, 0.2) is 133 Å². The van der Waals surface area contributed by atoms with Crippen LogP contribution in [0.25, 0.3) is 68.9 Å². The van der Waals surface area contributed by atoms with Gasteiger partial charge in [0.05, 0.1) is 24.0 Å². The molecule has 10 rings (SSSR count). The first kappa shape index (κ1) is 97.0. The van der Waals surface area contributed by atoms with Gasteiger partial charge in [0.15, 0.2) is 23.3 Å². The highest BCUT2D eigenvalue weighted by molar-refractivity contribution is 5.94. The number of ether oxygens (including phenoxy) is 5. The van der Waals surface area contributed by atoms with Crippen molar-refractivity contribution in [1.29, 1.82) is 0 Å². The molecule has 4 aromatic heterocycles. The number of likely N-dealkylation sites (N-methyl/N-ethyl adjacent to an activating group) is 2. The number of fused-ring (bicyclic) bond motifs is 2. The first-order chi connectivity index (χ1) is 54.6. The predicted molar refractivity (Wildman–Crippen MR) is 441 cm³/mol. The van der Waals surface area contributed by atoms with Gasteiger partial charge in [-0.05, 0) is 165 Å². The van der Waals surface area contributed by atoms with Crippen LogP contribution in [0.5, 0.6) is 0 Å². The largest absolute Gasteiger partial charge is 0.444 e. The minimum atomic E-state index is -0.720. The van der Waals surface area contributed by atoms with Gasteiger partial charge in [0.2, 0.25) is 0 Å². The molecule has 0 unspecified atom stereocenters. The third-order valence-corrected chi connectivity index (χ3v) is 15.1. The molecule has 0 fully saturated rings. The molecule has 1 atom stereocenters. The number of nitrogens with two attached hydrogens (primary N) is 2. The Hall–Kier alpha value is -12.4. The SMILES string of the molecule is CN(N)C(=O)CN(C)C(=O)OC(C)(C)C.CN(N)C(=O)OC(C)(C)C.CN(NC(=O)OCc1ccccc1)C(=O)OC(C)(C)C.CNCc1nc(-c2cc(F)c3n[nH]c(/C=C/c4ccc(F)cc4)c3c2)nn1C.CNNC(=O)OCc1ccccc1.CN[C@H](c1nc(-c2cc(F)c3n[nH]c(/C=C/c4ccc(F)cc4)c3c2)n[nH]1)C(C)C.Cl. The van der Waals surface area contributed by atoms with Gasteiger partial charge in [-0.25, -0.2) is 84.1 Å². The molecule has 117 heavy (non-hydrogen) atoms. The number of nitrogens with one attached hydrogen (secondary N) is 8. The molecule has 0 saturated heterocycles. The molecular weight excluding hydrogens is 1540 g/mol. The lowest BCUT2D eigenvalue weighted by Gasteiger charge is -2.24. The van der Waals surface area contributed by atoms with E-state index in [9.17, 15) is 46.3 Å². The van der Waals surface area contributed by atoms with Gasteiger partial charge in [-0.3, -0.25) is 35.2 Å². The number of aromatic amines is 3. The van der Waals surface area contributed by atoms with Crippen LogP contribution >= 0.6 is 12.4 Å². The van der Waals surface area contributed by atoms with Crippen LogP contribution in [0.3, 0.4) is 0 Å². The van der Waals surface area contributed by atoms with Gasteiger partial charge in [-0.2, -0.15) is 20.4 Å². The maximum atomic E-state index is 14.7. The fourth-order valence-corrected chi connectivity index (χ4v) is 9.57. The number of hydrogen-bond donors (Lipinski definition) is 10. The zero-order valence-corrected chi connectivity index (χ0v) is 69.8. The lowest BCUT2D eigenvalue weighted by molar-refractivity contribution is -0.131. The number of rotatable bonds is 18. The Kier molecular flexibility index (Phi) is 38.4. The number of hydrazine groups is 4. The van der Waals surface area contributed by atoms with Crippen molar-refractivity contribution in [1.82, 2.24) is 97.2 Å². The van der Waals surface area contributed by atoms with Gasteiger partial charge in [-0.1, -0.05) is 111 Å². The average Bonchev–Trinajstić information content (AvgIpc) is 1.59. The molecule has 10 aromatic rings. The van der Waals surface area contributed by atoms with E-state index in [0.717, 1.165) is 43.1 Å². The molecule has 0 bridgehead atoms. The zero-order valence-electron chi connectivity index (χ0n) is 69.0. The fourth-order valence-electron chi connectivity index (χ4n) is 9.57. The van der Waals surface area contributed by atoms with Crippen LogP contribution in [0.2, 0.25) is 0 Å². The summed E-state index contributed by atoms with van der Waals surface area (Å²) in [6.07, 6.45) is 4.26. The second-order valence-electron chi connectivity index (χ2n) is 28.9. The van der Waals surface area contributed by atoms with Crippen LogP contribution in [0.4, 0.5) is 41.5 Å². The highest BCUT2D eigenvalue weighted by Crippen LogP contribution is 2.30. The maximum absolute atomic E-state index is 14.7. The van der Waals surface area contributed by atoms with Crippen molar-refractivity contribution >= 4 is 94.9 Å². The molecule has 6 amide bonds. The van der Waals surface area contributed by atoms with E-state index in [1.165, 1.54) is 69.5 Å². The minimum absolute atomic E-state index is 0. The maximum Gasteiger partial charge on any atom is 0.429 e. The van der Waals surface area contributed by atoms with E-state index in [1.807, 2.05) is 93.0 Å². The fraction of sp³-hybridized carbons (Fsp3) is 0.350. The van der Waals surface area contributed by atoms with Gasteiger partial charge >= 0.3 is 30.5 Å². The Labute approximate surface area is 683 Å². The molecule has 32 nitrogen and oxygen atoms in total. The Morgan fingerprint density at radius 2 is 1.00 bits per heavy atom. The molecule has 6 aromatic carbocycles. The van der Waals surface area contributed by atoms with Crippen LogP contribution in [0.1, 0.15) is 127 Å². The van der Waals surface area contributed by atoms with Gasteiger partial charge in [0.1, 0.15) is 70.9 Å². The van der Waals surface area contributed by atoms with E-state index in [2.05, 4.69) is 86.4 Å². The summed E-state index contributed by atoms with van der Waals surface area (Å²) in [5.74, 6) is 11.1. The second kappa shape index (κ2) is 46.3. The monoisotopic (exact) mass is 1650 g/mol. The van der Waals surface area contributed by atoms with E-state index in [0.29, 0.717) is 63.2 Å². The number of amides is 6. The van der Waals surface area contributed by atoms with Gasteiger partial charge in [-0.15, -0.1) is 12.4 Å². The summed E-state index contributed by atoms with van der Waals surface area (Å²) in [4.78, 5) is 77.5. The highest BCUT2D eigenvalue weighted by atomic mass is 35.5.